The summed E-state index contributed by atoms with van der Waals surface area (Å²) in [5, 5.41) is 3.31. The Kier molecular flexibility index (Phi) is 5.83. The molecule has 1 N–H and O–H groups in total. The van der Waals surface area contributed by atoms with Crippen molar-refractivity contribution in [2.24, 2.45) is 0 Å². The molecule has 0 saturated heterocycles. The number of ether oxygens (including phenoxy) is 1. The Morgan fingerprint density at radius 2 is 2.21 bits per heavy atom. The van der Waals surface area contributed by atoms with E-state index < -0.39 is 0 Å². The summed E-state index contributed by atoms with van der Waals surface area (Å²) in [6, 6.07) is 8.40. The minimum atomic E-state index is 0.776. The fourth-order valence-electron chi connectivity index (χ4n) is 1.22. The third-order valence-electron chi connectivity index (χ3n) is 1.96. The highest BCUT2D eigenvalue weighted by Crippen LogP contribution is 2.11. The van der Waals surface area contributed by atoms with Crippen LogP contribution >= 0.6 is 15.9 Å². The van der Waals surface area contributed by atoms with Gasteiger partial charge in [0.2, 0.25) is 0 Å². The molecular formula is C11H16BrNO. The second-order valence-electron chi connectivity index (χ2n) is 3.12. The van der Waals surface area contributed by atoms with Crippen LogP contribution in [0.25, 0.3) is 0 Å². The Labute approximate surface area is 93.8 Å². The van der Waals surface area contributed by atoms with Crippen molar-refractivity contribution in [3.8, 4) is 0 Å². The van der Waals surface area contributed by atoms with Crippen LogP contribution in [0.5, 0.6) is 0 Å². The zero-order valence-corrected chi connectivity index (χ0v) is 10.0. The minimum absolute atomic E-state index is 0.776. The molecule has 3 heteroatoms. The van der Waals surface area contributed by atoms with Crippen LogP contribution in [0.4, 0.5) is 0 Å². The van der Waals surface area contributed by atoms with Crippen LogP contribution in [-0.4, -0.2) is 26.8 Å². The molecule has 0 unspecified atom stereocenters. The van der Waals surface area contributed by atoms with E-state index in [4.69, 9.17) is 4.74 Å². The van der Waals surface area contributed by atoms with Crippen LogP contribution in [0.15, 0.2) is 28.7 Å². The molecule has 0 aliphatic heterocycles. The van der Waals surface area contributed by atoms with Gasteiger partial charge in [0.15, 0.2) is 0 Å². The third-order valence-corrected chi connectivity index (χ3v) is 2.46. The van der Waals surface area contributed by atoms with Gasteiger partial charge in [0.25, 0.3) is 0 Å². The van der Waals surface area contributed by atoms with Gasteiger partial charge in [-0.05, 0) is 30.7 Å². The molecule has 0 heterocycles. The summed E-state index contributed by atoms with van der Waals surface area (Å²) in [6.07, 6.45) is 1.06. The Morgan fingerprint density at radius 3 is 2.93 bits per heavy atom. The molecule has 0 amide bonds. The first-order valence-electron chi connectivity index (χ1n) is 4.77. The van der Waals surface area contributed by atoms with Crippen molar-refractivity contribution in [1.82, 2.24) is 5.32 Å². The molecule has 2 nitrogen and oxygen atoms in total. The second kappa shape index (κ2) is 6.98. The van der Waals surface area contributed by atoms with Crippen LogP contribution in [0.2, 0.25) is 0 Å². The Hall–Kier alpha value is -0.380. The monoisotopic (exact) mass is 257 g/mol. The summed E-state index contributed by atoms with van der Waals surface area (Å²) < 4.78 is 6.09. The van der Waals surface area contributed by atoms with E-state index in [1.54, 1.807) is 7.11 Å². The molecule has 0 bridgehead atoms. The quantitative estimate of drug-likeness (QED) is 0.790. The standard InChI is InChI=1S/C11H16BrNO/c1-14-8-7-13-6-5-10-3-2-4-11(12)9-10/h2-4,9,13H,5-8H2,1H3. The number of methoxy groups -OCH3 is 1. The molecule has 0 atom stereocenters. The first-order valence-corrected chi connectivity index (χ1v) is 5.56. The topological polar surface area (TPSA) is 21.3 Å². The van der Waals surface area contributed by atoms with E-state index >= 15 is 0 Å². The van der Waals surface area contributed by atoms with E-state index in [2.05, 4.69) is 39.4 Å². The van der Waals surface area contributed by atoms with Crippen molar-refractivity contribution in [2.75, 3.05) is 26.8 Å². The van der Waals surface area contributed by atoms with Gasteiger partial charge in [-0.1, -0.05) is 28.1 Å². The van der Waals surface area contributed by atoms with Gasteiger partial charge in [-0.2, -0.15) is 0 Å². The lowest BCUT2D eigenvalue weighted by molar-refractivity contribution is 0.199. The van der Waals surface area contributed by atoms with E-state index in [1.165, 1.54) is 5.56 Å². The van der Waals surface area contributed by atoms with Crippen LogP contribution < -0.4 is 5.32 Å². The van der Waals surface area contributed by atoms with Gasteiger partial charge in [0, 0.05) is 18.1 Å². The lowest BCUT2D eigenvalue weighted by Crippen LogP contribution is -2.21. The van der Waals surface area contributed by atoms with E-state index in [-0.39, 0.29) is 0 Å². The fraction of sp³-hybridized carbons (Fsp3) is 0.455. The molecule has 0 aromatic heterocycles. The maximum absolute atomic E-state index is 4.94. The zero-order valence-electron chi connectivity index (χ0n) is 8.42. The van der Waals surface area contributed by atoms with Gasteiger partial charge in [-0.15, -0.1) is 0 Å². The van der Waals surface area contributed by atoms with Crippen LogP contribution in [-0.2, 0) is 11.2 Å². The highest BCUT2D eigenvalue weighted by Gasteiger charge is 1.93. The lowest BCUT2D eigenvalue weighted by atomic mass is 10.1. The van der Waals surface area contributed by atoms with Crippen molar-refractivity contribution in [3.63, 3.8) is 0 Å². The molecular weight excluding hydrogens is 242 g/mol. The Balaban J connectivity index is 2.18. The molecule has 14 heavy (non-hydrogen) atoms. The number of benzene rings is 1. The SMILES string of the molecule is COCCNCCc1cccc(Br)c1. The molecule has 78 valence electrons. The average Bonchev–Trinajstić information content (AvgIpc) is 2.18. The minimum Gasteiger partial charge on any atom is -0.383 e. The largest absolute Gasteiger partial charge is 0.383 e. The molecule has 1 rings (SSSR count). The highest BCUT2D eigenvalue weighted by molar-refractivity contribution is 9.10. The van der Waals surface area contributed by atoms with E-state index in [9.17, 15) is 0 Å². The summed E-state index contributed by atoms with van der Waals surface area (Å²) in [5.74, 6) is 0. The van der Waals surface area contributed by atoms with Crippen molar-refractivity contribution < 1.29 is 4.74 Å². The summed E-state index contributed by atoms with van der Waals surface area (Å²) in [5.41, 5.74) is 1.35. The predicted molar refractivity (Wildman–Crippen MR) is 62.6 cm³/mol. The average molecular weight is 258 g/mol. The van der Waals surface area contributed by atoms with Crippen LogP contribution in [0.3, 0.4) is 0 Å². The molecule has 0 saturated carbocycles. The normalized spacial score (nSPS) is 10.4. The molecule has 1 aromatic rings. The molecule has 0 aliphatic carbocycles. The molecule has 0 spiro atoms. The highest BCUT2D eigenvalue weighted by atomic mass is 79.9. The van der Waals surface area contributed by atoms with Gasteiger partial charge in [-0.25, -0.2) is 0 Å². The van der Waals surface area contributed by atoms with Gasteiger partial charge in [0.05, 0.1) is 6.61 Å². The zero-order chi connectivity index (χ0) is 10.2. The molecule has 0 fully saturated rings. The number of hydrogen-bond donors (Lipinski definition) is 1. The second-order valence-corrected chi connectivity index (χ2v) is 4.04. The number of rotatable bonds is 6. The van der Waals surface area contributed by atoms with Gasteiger partial charge < -0.3 is 10.1 Å². The summed E-state index contributed by atoms with van der Waals surface area (Å²) in [4.78, 5) is 0. The fourth-order valence-corrected chi connectivity index (χ4v) is 1.67. The molecule has 0 aliphatic rings. The number of hydrogen-bond acceptors (Lipinski definition) is 2. The third kappa shape index (κ3) is 4.74. The summed E-state index contributed by atoms with van der Waals surface area (Å²) in [6.45, 7) is 2.70. The van der Waals surface area contributed by atoms with Crippen molar-refractivity contribution in [2.45, 2.75) is 6.42 Å². The number of halogens is 1. The molecule has 0 radical (unpaired) electrons. The predicted octanol–water partition coefficient (Wildman–Crippen LogP) is 2.23. The first-order chi connectivity index (χ1) is 6.83. The van der Waals surface area contributed by atoms with E-state index in [0.29, 0.717) is 0 Å². The number of nitrogens with one attached hydrogen (secondary N) is 1. The lowest BCUT2D eigenvalue weighted by Gasteiger charge is -2.04. The maximum atomic E-state index is 4.94. The van der Waals surface area contributed by atoms with Gasteiger partial charge in [0.1, 0.15) is 0 Å². The van der Waals surface area contributed by atoms with Crippen molar-refractivity contribution in [3.05, 3.63) is 34.3 Å². The van der Waals surface area contributed by atoms with Crippen molar-refractivity contribution in [1.29, 1.82) is 0 Å². The Morgan fingerprint density at radius 1 is 1.36 bits per heavy atom. The van der Waals surface area contributed by atoms with Crippen LogP contribution in [0, 0.1) is 0 Å². The van der Waals surface area contributed by atoms with Gasteiger partial charge in [-0.3, -0.25) is 0 Å². The van der Waals surface area contributed by atoms with Gasteiger partial charge >= 0.3 is 0 Å². The first kappa shape index (κ1) is 11.7. The smallest absolute Gasteiger partial charge is 0.0587 e. The van der Waals surface area contributed by atoms with E-state index in [0.717, 1.165) is 30.6 Å². The van der Waals surface area contributed by atoms with E-state index in [1.807, 2.05) is 6.07 Å². The summed E-state index contributed by atoms with van der Waals surface area (Å²) in [7, 11) is 1.72. The maximum Gasteiger partial charge on any atom is 0.0587 e. The summed E-state index contributed by atoms with van der Waals surface area (Å²) >= 11 is 3.46. The van der Waals surface area contributed by atoms with Crippen LogP contribution in [0.1, 0.15) is 5.56 Å². The van der Waals surface area contributed by atoms with Crippen molar-refractivity contribution >= 4 is 15.9 Å². The Bertz CT molecular complexity index is 265. The molecule has 1 aromatic carbocycles.